The molecule has 1 aliphatic heterocycles. The highest BCUT2D eigenvalue weighted by molar-refractivity contribution is 7.89. The summed E-state index contributed by atoms with van der Waals surface area (Å²) in [4.78, 5) is 4.63. The molecule has 0 radical (unpaired) electrons. The summed E-state index contributed by atoms with van der Waals surface area (Å²) >= 11 is 0. The van der Waals surface area contributed by atoms with Crippen molar-refractivity contribution in [3.63, 3.8) is 0 Å². The molecular weight excluding hydrogens is 318 g/mol. The number of ether oxygens (including phenoxy) is 1. The Morgan fingerprint density at radius 1 is 1.26 bits per heavy atom. The fourth-order valence-corrected chi connectivity index (χ4v) is 4.19. The van der Waals surface area contributed by atoms with Crippen LogP contribution in [0.5, 0.6) is 5.75 Å². The Morgan fingerprint density at radius 2 is 2.04 bits per heavy atom. The maximum atomic E-state index is 12.6. The molecule has 0 unspecified atom stereocenters. The zero-order chi connectivity index (χ0) is 16.0. The van der Waals surface area contributed by atoms with Crippen LogP contribution in [-0.2, 0) is 10.0 Å². The summed E-state index contributed by atoms with van der Waals surface area (Å²) in [6, 6.07) is 6.49. The number of hydrogen-bond donors (Lipinski definition) is 0. The molecule has 4 rings (SSSR count). The molecule has 7 nitrogen and oxygen atoms in total. The molecule has 1 aliphatic carbocycles. The zero-order valence-electron chi connectivity index (χ0n) is 12.7. The van der Waals surface area contributed by atoms with E-state index in [0.29, 0.717) is 30.6 Å². The third-order valence-corrected chi connectivity index (χ3v) is 6.10. The van der Waals surface area contributed by atoms with Crippen molar-refractivity contribution >= 4 is 10.0 Å². The molecule has 0 N–H and O–H groups in total. The van der Waals surface area contributed by atoms with Crippen LogP contribution < -0.4 is 4.74 Å². The second kappa shape index (κ2) is 5.31. The van der Waals surface area contributed by atoms with Crippen molar-refractivity contribution in [3.05, 3.63) is 36.0 Å². The fourth-order valence-electron chi connectivity index (χ4n) is 2.62. The largest absolute Gasteiger partial charge is 0.497 e. The number of hydrogen-bond acceptors (Lipinski definition) is 6. The molecule has 0 atom stereocenters. The Balaban J connectivity index is 1.47. The van der Waals surface area contributed by atoms with Crippen LogP contribution in [-0.4, -0.2) is 43.1 Å². The van der Waals surface area contributed by atoms with E-state index in [1.54, 1.807) is 18.2 Å². The van der Waals surface area contributed by atoms with Gasteiger partial charge in [-0.25, -0.2) is 8.42 Å². The molecule has 2 aliphatic rings. The highest BCUT2D eigenvalue weighted by Gasteiger charge is 2.41. The van der Waals surface area contributed by atoms with Gasteiger partial charge in [0.05, 0.1) is 17.9 Å². The lowest BCUT2D eigenvalue weighted by atomic mass is 10.0. The summed E-state index contributed by atoms with van der Waals surface area (Å²) in [7, 11) is -2.00. The van der Waals surface area contributed by atoms with Gasteiger partial charge >= 0.3 is 0 Å². The molecule has 0 spiro atoms. The normalized spacial score (nSPS) is 19.5. The molecule has 1 aromatic heterocycles. The highest BCUT2D eigenvalue weighted by Crippen LogP contribution is 2.39. The van der Waals surface area contributed by atoms with Gasteiger partial charge in [0.15, 0.2) is 5.82 Å². The van der Waals surface area contributed by atoms with Crippen LogP contribution >= 0.6 is 0 Å². The minimum atomic E-state index is -3.51. The molecule has 1 saturated carbocycles. The quantitative estimate of drug-likeness (QED) is 0.827. The molecule has 122 valence electrons. The Hall–Kier alpha value is -1.93. The van der Waals surface area contributed by atoms with E-state index in [1.165, 1.54) is 17.5 Å². The summed E-state index contributed by atoms with van der Waals surface area (Å²) in [6.07, 6.45) is 2.22. The Bertz CT molecular complexity index is 823. The van der Waals surface area contributed by atoms with E-state index >= 15 is 0 Å². The number of benzene rings is 1. The average molecular weight is 335 g/mol. The SMILES string of the molecule is COc1cccc(S(=O)(=O)N2CC(c3nc(C4CC4)no3)C2)c1. The van der Waals surface area contributed by atoms with Gasteiger partial charge in [-0.15, -0.1) is 0 Å². The minimum Gasteiger partial charge on any atom is -0.497 e. The van der Waals surface area contributed by atoms with Crippen molar-refractivity contribution in [1.82, 2.24) is 14.4 Å². The Morgan fingerprint density at radius 3 is 2.74 bits per heavy atom. The lowest BCUT2D eigenvalue weighted by molar-refractivity contribution is 0.216. The second-order valence-electron chi connectivity index (χ2n) is 5.96. The highest BCUT2D eigenvalue weighted by atomic mass is 32.2. The molecule has 1 saturated heterocycles. The van der Waals surface area contributed by atoms with E-state index in [1.807, 2.05) is 0 Å². The van der Waals surface area contributed by atoms with E-state index < -0.39 is 10.0 Å². The molecule has 2 aromatic rings. The summed E-state index contributed by atoms with van der Waals surface area (Å²) in [5.74, 6) is 2.24. The summed E-state index contributed by atoms with van der Waals surface area (Å²) in [6.45, 7) is 0.734. The van der Waals surface area contributed by atoms with Gasteiger partial charge in [0.1, 0.15) is 5.75 Å². The van der Waals surface area contributed by atoms with Crippen molar-refractivity contribution < 1.29 is 17.7 Å². The minimum absolute atomic E-state index is 0.0182. The zero-order valence-corrected chi connectivity index (χ0v) is 13.5. The molecule has 23 heavy (non-hydrogen) atoms. The number of methoxy groups -OCH3 is 1. The monoisotopic (exact) mass is 335 g/mol. The van der Waals surface area contributed by atoms with Crippen LogP contribution in [0.15, 0.2) is 33.7 Å². The van der Waals surface area contributed by atoms with Crippen molar-refractivity contribution in [1.29, 1.82) is 0 Å². The van der Waals surface area contributed by atoms with E-state index in [0.717, 1.165) is 18.7 Å². The number of nitrogens with zero attached hydrogens (tertiary/aromatic N) is 3. The van der Waals surface area contributed by atoms with Crippen LogP contribution in [0.1, 0.15) is 36.4 Å². The predicted molar refractivity (Wildman–Crippen MR) is 80.8 cm³/mol. The second-order valence-corrected chi connectivity index (χ2v) is 7.90. The van der Waals surface area contributed by atoms with Gasteiger partial charge in [0.25, 0.3) is 0 Å². The van der Waals surface area contributed by atoms with Gasteiger partial charge < -0.3 is 9.26 Å². The molecule has 0 amide bonds. The van der Waals surface area contributed by atoms with Gasteiger partial charge in [0.2, 0.25) is 15.9 Å². The fraction of sp³-hybridized carbons (Fsp3) is 0.467. The van der Waals surface area contributed by atoms with Crippen LogP contribution in [0.25, 0.3) is 0 Å². The lowest BCUT2D eigenvalue weighted by Gasteiger charge is -2.35. The van der Waals surface area contributed by atoms with Crippen molar-refractivity contribution in [3.8, 4) is 5.75 Å². The summed E-state index contributed by atoms with van der Waals surface area (Å²) < 4.78 is 37.0. The van der Waals surface area contributed by atoms with Crippen LogP contribution in [0.3, 0.4) is 0 Å². The summed E-state index contributed by atoms with van der Waals surface area (Å²) in [5, 5.41) is 3.98. The van der Waals surface area contributed by atoms with Crippen LogP contribution in [0, 0.1) is 0 Å². The van der Waals surface area contributed by atoms with Gasteiger partial charge in [-0.3, -0.25) is 0 Å². The maximum absolute atomic E-state index is 12.6. The summed E-state index contributed by atoms with van der Waals surface area (Å²) in [5.41, 5.74) is 0. The molecule has 1 aromatic carbocycles. The number of rotatable bonds is 5. The first-order chi connectivity index (χ1) is 11.1. The van der Waals surface area contributed by atoms with Crippen LogP contribution in [0.4, 0.5) is 0 Å². The van der Waals surface area contributed by atoms with Gasteiger partial charge in [0, 0.05) is 25.1 Å². The first-order valence-electron chi connectivity index (χ1n) is 7.55. The van der Waals surface area contributed by atoms with Crippen molar-refractivity contribution in [2.24, 2.45) is 0 Å². The van der Waals surface area contributed by atoms with Gasteiger partial charge in [-0.1, -0.05) is 11.2 Å². The van der Waals surface area contributed by atoms with Crippen LogP contribution in [0.2, 0.25) is 0 Å². The topological polar surface area (TPSA) is 85.5 Å². The van der Waals surface area contributed by atoms with E-state index in [9.17, 15) is 8.42 Å². The smallest absolute Gasteiger partial charge is 0.243 e. The third-order valence-electron chi connectivity index (χ3n) is 4.28. The van der Waals surface area contributed by atoms with E-state index in [-0.39, 0.29) is 10.8 Å². The van der Waals surface area contributed by atoms with E-state index in [4.69, 9.17) is 9.26 Å². The first-order valence-corrected chi connectivity index (χ1v) is 8.99. The molecule has 2 fully saturated rings. The third kappa shape index (κ3) is 2.61. The molecule has 8 heteroatoms. The molecule has 2 heterocycles. The van der Waals surface area contributed by atoms with Gasteiger partial charge in [-0.05, 0) is 25.0 Å². The van der Waals surface area contributed by atoms with Gasteiger partial charge in [-0.2, -0.15) is 9.29 Å². The lowest BCUT2D eigenvalue weighted by Crippen LogP contribution is -2.48. The molecule has 0 bridgehead atoms. The Labute approximate surface area is 134 Å². The first kappa shape index (κ1) is 14.6. The average Bonchev–Trinajstić information content (AvgIpc) is 3.25. The standard InChI is InChI=1S/C15H17N3O4S/c1-21-12-3-2-4-13(7-12)23(19,20)18-8-11(9-18)15-16-14(17-22-15)10-5-6-10/h2-4,7,10-11H,5-6,8-9H2,1H3. The Kier molecular flexibility index (Phi) is 3.38. The maximum Gasteiger partial charge on any atom is 0.243 e. The van der Waals surface area contributed by atoms with Crippen molar-refractivity contribution in [2.45, 2.75) is 29.6 Å². The number of sulfonamides is 1. The molecular formula is C15H17N3O4S. The van der Waals surface area contributed by atoms with Crippen molar-refractivity contribution in [2.75, 3.05) is 20.2 Å². The number of aromatic nitrogens is 2. The van der Waals surface area contributed by atoms with E-state index in [2.05, 4.69) is 10.1 Å². The predicted octanol–water partition coefficient (Wildman–Crippen LogP) is 1.74.